The summed E-state index contributed by atoms with van der Waals surface area (Å²) in [5, 5.41) is 9.53. The van der Waals surface area contributed by atoms with Crippen molar-refractivity contribution in [2.75, 3.05) is 0 Å². The summed E-state index contributed by atoms with van der Waals surface area (Å²) >= 11 is 8.94. The maximum atomic E-state index is 12.2. The van der Waals surface area contributed by atoms with Gasteiger partial charge in [0, 0.05) is 4.47 Å². The van der Waals surface area contributed by atoms with Gasteiger partial charge in [0.05, 0.1) is 9.92 Å². The third-order valence-corrected chi connectivity index (χ3v) is 5.22. The molecule has 112 valence electrons. The monoisotopic (exact) mass is 383 g/mol. The number of carbonyl (C=O) groups is 1. The number of sulfonamides is 1. The van der Waals surface area contributed by atoms with Crippen LogP contribution in [0.25, 0.3) is 0 Å². The van der Waals surface area contributed by atoms with Crippen LogP contribution in [0.3, 0.4) is 0 Å². The summed E-state index contributed by atoms with van der Waals surface area (Å²) < 4.78 is 27.1. The number of halogens is 2. The molecule has 2 N–H and O–H groups in total. The predicted molar refractivity (Wildman–Crippen MR) is 80.4 cm³/mol. The van der Waals surface area contributed by atoms with Crippen molar-refractivity contribution in [2.24, 2.45) is 5.41 Å². The SMILES string of the molecule is CC(C)(C)[C@@H](NS(=O)(=O)c1ccc(Cl)c(Br)c1)C(=O)O. The van der Waals surface area contributed by atoms with Gasteiger partial charge in [-0.2, -0.15) is 4.72 Å². The maximum Gasteiger partial charge on any atom is 0.322 e. The van der Waals surface area contributed by atoms with E-state index in [-0.39, 0.29) is 4.90 Å². The van der Waals surface area contributed by atoms with Crippen molar-refractivity contribution >= 4 is 43.5 Å². The molecule has 0 saturated carbocycles. The Kier molecular flexibility index (Phi) is 5.23. The van der Waals surface area contributed by atoms with Crippen LogP contribution in [0.2, 0.25) is 5.02 Å². The average Bonchev–Trinajstić information content (AvgIpc) is 2.27. The Labute approximate surface area is 131 Å². The highest BCUT2D eigenvalue weighted by Crippen LogP contribution is 2.27. The van der Waals surface area contributed by atoms with Crippen molar-refractivity contribution < 1.29 is 18.3 Å². The van der Waals surface area contributed by atoms with Crippen LogP contribution in [0.1, 0.15) is 20.8 Å². The quantitative estimate of drug-likeness (QED) is 0.836. The molecule has 0 aliphatic carbocycles. The Hall–Kier alpha value is -0.630. The molecule has 0 aromatic heterocycles. The van der Waals surface area contributed by atoms with Crippen molar-refractivity contribution in [1.29, 1.82) is 0 Å². The van der Waals surface area contributed by atoms with Gasteiger partial charge in [0.1, 0.15) is 6.04 Å². The third-order valence-electron chi connectivity index (χ3n) is 2.59. The number of carboxylic acids is 1. The fourth-order valence-electron chi connectivity index (χ4n) is 1.46. The molecular formula is C12H15BrClNO4S. The summed E-state index contributed by atoms with van der Waals surface area (Å²) in [6.45, 7) is 4.93. The molecule has 0 heterocycles. The van der Waals surface area contributed by atoms with Gasteiger partial charge in [-0.15, -0.1) is 0 Å². The van der Waals surface area contributed by atoms with E-state index in [9.17, 15) is 13.2 Å². The molecule has 5 nitrogen and oxygen atoms in total. The highest BCUT2D eigenvalue weighted by molar-refractivity contribution is 9.10. The van der Waals surface area contributed by atoms with Crippen molar-refractivity contribution in [3.05, 3.63) is 27.7 Å². The van der Waals surface area contributed by atoms with Crippen molar-refractivity contribution in [1.82, 2.24) is 4.72 Å². The number of aliphatic carboxylic acids is 1. The molecule has 1 aromatic carbocycles. The van der Waals surface area contributed by atoms with Crippen LogP contribution in [0, 0.1) is 5.41 Å². The van der Waals surface area contributed by atoms with E-state index < -0.39 is 27.4 Å². The van der Waals surface area contributed by atoms with E-state index in [1.54, 1.807) is 20.8 Å². The summed E-state index contributed by atoms with van der Waals surface area (Å²) in [6.07, 6.45) is 0. The fourth-order valence-corrected chi connectivity index (χ4v) is 3.53. The van der Waals surface area contributed by atoms with Gasteiger partial charge in [-0.05, 0) is 39.5 Å². The first-order valence-corrected chi connectivity index (χ1v) is 8.31. The Morgan fingerprint density at radius 3 is 2.35 bits per heavy atom. The highest BCUT2D eigenvalue weighted by Gasteiger charge is 2.35. The number of nitrogens with one attached hydrogen (secondary N) is 1. The van der Waals surface area contributed by atoms with Gasteiger partial charge in [0.2, 0.25) is 10.0 Å². The Balaban J connectivity index is 3.16. The molecule has 1 atom stereocenters. The standard InChI is InChI=1S/C12H15BrClNO4S/c1-12(2,3)10(11(16)17)15-20(18,19)7-4-5-9(14)8(13)6-7/h4-6,10,15H,1-3H3,(H,16,17)/t10-/m0/s1. The van der Waals surface area contributed by atoms with Crippen LogP contribution < -0.4 is 4.72 Å². The van der Waals surface area contributed by atoms with Gasteiger partial charge in [-0.25, -0.2) is 8.42 Å². The molecule has 0 amide bonds. The molecule has 0 aliphatic rings. The molecule has 1 aromatic rings. The molecule has 8 heteroatoms. The number of benzene rings is 1. The lowest BCUT2D eigenvalue weighted by Gasteiger charge is -2.27. The summed E-state index contributed by atoms with van der Waals surface area (Å²) in [6, 6.07) is 2.83. The van der Waals surface area contributed by atoms with Crippen LogP contribution in [0.15, 0.2) is 27.6 Å². The second-order valence-electron chi connectivity index (χ2n) is 5.33. The number of carboxylic acid groups (broad SMARTS) is 1. The normalized spacial score (nSPS) is 14.1. The van der Waals surface area contributed by atoms with E-state index >= 15 is 0 Å². The van der Waals surface area contributed by atoms with E-state index in [4.69, 9.17) is 16.7 Å². The fraction of sp³-hybridized carbons (Fsp3) is 0.417. The third kappa shape index (κ3) is 4.18. The van der Waals surface area contributed by atoms with E-state index in [1.165, 1.54) is 18.2 Å². The molecule has 0 fully saturated rings. The lowest BCUT2D eigenvalue weighted by Crippen LogP contribution is -2.48. The number of hydrogen-bond donors (Lipinski definition) is 2. The lowest BCUT2D eigenvalue weighted by atomic mass is 9.88. The summed E-state index contributed by atoms with van der Waals surface area (Å²) in [7, 11) is -3.95. The summed E-state index contributed by atoms with van der Waals surface area (Å²) in [5.41, 5.74) is -0.761. The largest absolute Gasteiger partial charge is 0.480 e. The van der Waals surface area contributed by atoms with Crippen LogP contribution in [-0.2, 0) is 14.8 Å². The molecule has 20 heavy (non-hydrogen) atoms. The molecule has 0 unspecified atom stereocenters. The highest BCUT2D eigenvalue weighted by atomic mass is 79.9. The van der Waals surface area contributed by atoms with Gasteiger partial charge >= 0.3 is 5.97 Å². The maximum absolute atomic E-state index is 12.2. The van der Waals surface area contributed by atoms with Gasteiger partial charge in [0.25, 0.3) is 0 Å². The topological polar surface area (TPSA) is 83.5 Å². The minimum Gasteiger partial charge on any atom is -0.480 e. The first kappa shape index (κ1) is 17.4. The smallest absolute Gasteiger partial charge is 0.322 e. The van der Waals surface area contributed by atoms with Crippen molar-refractivity contribution in [2.45, 2.75) is 31.7 Å². The Morgan fingerprint density at radius 2 is 1.95 bits per heavy atom. The second-order valence-corrected chi connectivity index (χ2v) is 8.31. The Bertz CT molecular complexity index is 625. The second kappa shape index (κ2) is 6.01. The molecule has 0 bridgehead atoms. The summed E-state index contributed by atoms with van der Waals surface area (Å²) in [4.78, 5) is 11.2. The van der Waals surface area contributed by atoms with Crippen LogP contribution in [0.4, 0.5) is 0 Å². The van der Waals surface area contributed by atoms with Crippen LogP contribution >= 0.6 is 27.5 Å². The van der Waals surface area contributed by atoms with Crippen molar-refractivity contribution in [3.63, 3.8) is 0 Å². The zero-order valence-electron chi connectivity index (χ0n) is 11.1. The van der Waals surface area contributed by atoms with Gasteiger partial charge in [0.15, 0.2) is 0 Å². The minimum absolute atomic E-state index is 0.0516. The molecule has 0 radical (unpaired) electrons. The molecule has 0 spiro atoms. The summed E-state index contributed by atoms with van der Waals surface area (Å²) in [5.74, 6) is -1.23. The van der Waals surface area contributed by atoms with E-state index in [0.29, 0.717) is 9.50 Å². The van der Waals surface area contributed by atoms with E-state index in [0.717, 1.165) is 0 Å². The van der Waals surface area contributed by atoms with E-state index in [1.807, 2.05) is 0 Å². The van der Waals surface area contributed by atoms with Crippen molar-refractivity contribution in [3.8, 4) is 0 Å². The zero-order valence-corrected chi connectivity index (χ0v) is 14.3. The predicted octanol–water partition coefficient (Wildman–Crippen LogP) is 2.88. The van der Waals surface area contributed by atoms with Crippen LogP contribution in [-0.4, -0.2) is 25.5 Å². The molecular weight excluding hydrogens is 370 g/mol. The van der Waals surface area contributed by atoms with E-state index in [2.05, 4.69) is 20.7 Å². The number of hydrogen-bond acceptors (Lipinski definition) is 3. The molecule has 0 aliphatic heterocycles. The average molecular weight is 385 g/mol. The van der Waals surface area contributed by atoms with Gasteiger partial charge in [-0.3, -0.25) is 4.79 Å². The van der Waals surface area contributed by atoms with Gasteiger partial charge in [-0.1, -0.05) is 32.4 Å². The first-order valence-electron chi connectivity index (χ1n) is 5.65. The lowest BCUT2D eigenvalue weighted by molar-refractivity contribution is -0.141. The minimum atomic E-state index is -3.95. The van der Waals surface area contributed by atoms with Crippen LogP contribution in [0.5, 0.6) is 0 Å². The van der Waals surface area contributed by atoms with Gasteiger partial charge < -0.3 is 5.11 Å². The molecule has 0 saturated heterocycles. The zero-order chi connectivity index (χ0) is 15.7. The first-order chi connectivity index (χ1) is 8.95. The number of rotatable bonds is 4. The Morgan fingerprint density at radius 1 is 1.40 bits per heavy atom. The molecule has 1 rings (SSSR count).